The summed E-state index contributed by atoms with van der Waals surface area (Å²) < 4.78 is 19.7. The number of anilines is 1. The smallest absolute Gasteiger partial charge is 0.307 e. The van der Waals surface area contributed by atoms with Crippen LogP contribution in [0, 0.1) is 17.7 Å². The summed E-state index contributed by atoms with van der Waals surface area (Å²) in [7, 11) is 0. The predicted octanol–water partition coefficient (Wildman–Crippen LogP) is 3.20. The average Bonchev–Trinajstić information content (AvgIpc) is 2.92. The van der Waals surface area contributed by atoms with Gasteiger partial charge in [0, 0.05) is 11.8 Å². The molecule has 0 bridgehead atoms. The summed E-state index contributed by atoms with van der Waals surface area (Å²) >= 11 is 0. The second-order valence-electron chi connectivity index (χ2n) is 6.29. The maximum atomic E-state index is 14.1. The molecule has 0 spiro atoms. The van der Waals surface area contributed by atoms with Crippen LogP contribution >= 0.6 is 0 Å². The van der Waals surface area contributed by atoms with Crippen molar-refractivity contribution >= 4 is 17.6 Å². The van der Waals surface area contributed by atoms with E-state index in [2.05, 4.69) is 5.32 Å². The molecule has 2 atom stereocenters. The molecule has 6 heteroatoms. The lowest BCUT2D eigenvalue weighted by atomic mass is 9.73. The zero-order valence-electron chi connectivity index (χ0n) is 12.8. The van der Waals surface area contributed by atoms with Crippen LogP contribution in [-0.2, 0) is 9.59 Å². The second kappa shape index (κ2) is 6.56. The number of carbonyl (C=O) groups is 2. The van der Waals surface area contributed by atoms with Crippen LogP contribution in [0.4, 0.5) is 10.1 Å². The van der Waals surface area contributed by atoms with Crippen LogP contribution in [0.3, 0.4) is 0 Å². The normalized spacial score (nSPS) is 24.0. The maximum absolute atomic E-state index is 14.1. The van der Waals surface area contributed by atoms with Crippen molar-refractivity contribution < 1.29 is 23.8 Å². The third-order valence-corrected chi connectivity index (χ3v) is 4.72. The number of halogens is 1. The highest BCUT2D eigenvalue weighted by Gasteiger charge is 2.41. The minimum absolute atomic E-state index is 0.0660. The van der Waals surface area contributed by atoms with Crippen LogP contribution in [0.15, 0.2) is 18.2 Å². The third-order valence-electron chi connectivity index (χ3n) is 4.72. The molecule has 0 saturated heterocycles. The van der Waals surface area contributed by atoms with E-state index in [1.165, 1.54) is 12.1 Å². The summed E-state index contributed by atoms with van der Waals surface area (Å²) in [5.74, 6) is -2.81. The van der Waals surface area contributed by atoms with Gasteiger partial charge in [-0.2, -0.15) is 0 Å². The summed E-state index contributed by atoms with van der Waals surface area (Å²) in [6.45, 7) is 0. The number of carboxylic acid groups (broad SMARTS) is 1. The van der Waals surface area contributed by atoms with Crippen molar-refractivity contribution in [2.24, 2.45) is 11.8 Å². The number of hydrogen-bond acceptors (Lipinski definition) is 3. The van der Waals surface area contributed by atoms with E-state index in [0.29, 0.717) is 18.5 Å². The lowest BCUT2D eigenvalue weighted by Gasteiger charge is -2.31. The SMILES string of the molecule is O=C(O)C1CCC1C(=O)Nc1ccc(OC2CCCC2)c(F)c1. The molecule has 3 rings (SSSR count). The first-order chi connectivity index (χ1) is 11.0. The molecule has 2 aliphatic rings. The molecular weight excluding hydrogens is 301 g/mol. The molecule has 1 amide bonds. The van der Waals surface area contributed by atoms with Crippen molar-refractivity contribution in [3.63, 3.8) is 0 Å². The Kier molecular flexibility index (Phi) is 4.50. The average molecular weight is 321 g/mol. The van der Waals surface area contributed by atoms with Gasteiger partial charge in [0.05, 0.1) is 17.9 Å². The van der Waals surface area contributed by atoms with Gasteiger partial charge < -0.3 is 15.2 Å². The summed E-state index contributed by atoms with van der Waals surface area (Å²) in [5, 5.41) is 11.6. The van der Waals surface area contributed by atoms with Gasteiger partial charge in [-0.1, -0.05) is 0 Å². The van der Waals surface area contributed by atoms with Gasteiger partial charge in [0.2, 0.25) is 5.91 Å². The number of aliphatic carboxylic acids is 1. The first-order valence-corrected chi connectivity index (χ1v) is 8.04. The van der Waals surface area contributed by atoms with E-state index in [-0.39, 0.29) is 17.8 Å². The van der Waals surface area contributed by atoms with E-state index in [1.54, 1.807) is 6.07 Å². The second-order valence-corrected chi connectivity index (χ2v) is 6.29. The van der Waals surface area contributed by atoms with Crippen molar-refractivity contribution in [3.05, 3.63) is 24.0 Å². The summed E-state index contributed by atoms with van der Waals surface area (Å²) in [5.41, 5.74) is 0.322. The Morgan fingerprint density at radius 2 is 1.83 bits per heavy atom. The molecule has 2 N–H and O–H groups in total. The molecule has 0 aromatic heterocycles. The quantitative estimate of drug-likeness (QED) is 0.873. The van der Waals surface area contributed by atoms with Crippen molar-refractivity contribution in [2.75, 3.05) is 5.32 Å². The van der Waals surface area contributed by atoms with Crippen molar-refractivity contribution in [1.29, 1.82) is 0 Å². The van der Waals surface area contributed by atoms with Crippen LogP contribution in [0.2, 0.25) is 0 Å². The van der Waals surface area contributed by atoms with Gasteiger partial charge >= 0.3 is 5.97 Å². The molecule has 0 aliphatic heterocycles. The number of nitrogens with one attached hydrogen (secondary N) is 1. The fraction of sp³-hybridized carbons (Fsp3) is 0.529. The number of ether oxygens (including phenoxy) is 1. The Balaban J connectivity index is 1.61. The van der Waals surface area contributed by atoms with E-state index < -0.39 is 23.6 Å². The van der Waals surface area contributed by atoms with Crippen molar-refractivity contribution in [1.82, 2.24) is 0 Å². The molecule has 0 radical (unpaired) electrons. The molecule has 23 heavy (non-hydrogen) atoms. The Morgan fingerprint density at radius 1 is 1.13 bits per heavy atom. The fourth-order valence-electron chi connectivity index (χ4n) is 3.20. The molecule has 2 saturated carbocycles. The standard InChI is InChI=1S/C17H20FNO4/c18-14-9-10(5-8-15(14)23-11-3-1-2-4-11)19-16(20)12-6-7-13(12)17(21)22/h5,8-9,11-13H,1-4,6-7H2,(H,19,20)(H,21,22). The van der Waals surface area contributed by atoms with Crippen molar-refractivity contribution in [2.45, 2.75) is 44.6 Å². The predicted molar refractivity (Wildman–Crippen MR) is 81.8 cm³/mol. The van der Waals surface area contributed by atoms with Gasteiger partial charge in [0.1, 0.15) is 0 Å². The number of carboxylic acids is 1. The van der Waals surface area contributed by atoms with Gasteiger partial charge in [0.15, 0.2) is 11.6 Å². The highest BCUT2D eigenvalue weighted by Crippen LogP contribution is 2.35. The Hall–Kier alpha value is -2.11. The van der Waals surface area contributed by atoms with Crippen molar-refractivity contribution in [3.8, 4) is 5.75 Å². The zero-order chi connectivity index (χ0) is 16.4. The van der Waals surface area contributed by atoms with Crippen LogP contribution in [-0.4, -0.2) is 23.1 Å². The molecule has 2 aliphatic carbocycles. The molecule has 1 aromatic carbocycles. The zero-order valence-corrected chi connectivity index (χ0v) is 12.8. The largest absolute Gasteiger partial charge is 0.487 e. The van der Waals surface area contributed by atoms with Gasteiger partial charge in [-0.25, -0.2) is 4.39 Å². The first-order valence-electron chi connectivity index (χ1n) is 8.04. The van der Waals surface area contributed by atoms with Gasteiger partial charge in [-0.05, 0) is 50.7 Å². The van der Waals surface area contributed by atoms with Crippen LogP contribution in [0.5, 0.6) is 5.75 Å². The van der Waals surface area contributed by atoms with Crippen LogP contribution < -0.4 is 10.1 Å². The Morgan fingerprint density at radius 3 is 2.39 bits per heavy atom. The van der Waals surface area contributed by atoms with Crippen LogP contribution in [0.25, 0.3) is 0 Å². The number of hydrogen-bond donors (Lipinski definition) is 2. The van der Waals surface area contributed by atoms with E-state index in [4.69, 9.17) is 9.84 Å². The number of rotatable bonds is 5. The molecule has 2 unspecified atom stereocenters. The lowest BCUT2D eigenvalue weighted by Crippen LogP contribution is -2.41. The van der Waals surface area contributed by atoms with Crippen LogP contribution in [0.1, 0.15) is 38.5 Å². The molecule has 124 valence electrons. The van der Waals surface area contributed by atoms with Gasteiger partial charge in [-0.3, -0.25) is 9.59 Å². The molecule has 0 heterocycles. The highest BCUT2D eigenvalue weighted by atomic mass is 19.1. The Bertz CT molecular complexity index is 613. The molecular formula is C17H20FNO4. The van der Waals surface area contributed by atoms with E-state index in [9.17, 15) is 14.0 Å². The van der Waals surface area contributed by atoms with Gasteiger partial charge in [-0.15, -0.1) is 0 Å². The first kappa shape index (κ1) is 15.8. The lowest BCUT2D eigenvalue weighted by molar-refractivity contribution is -0.151. The summed E-state index contributed by atoms with van der Waals surface area (Å²) in [4.78, 5) is 23.0. The minimum Gasteiger partial charge on any atom is -0.487 e. The number of benzene rings is 1. The topological polar surface area (TPSA) is 75.6 Å². The van der Waals surface area contributed by atoms with Gasteiger partial charge in [0.25, 0.3) is 0 Å². The summed E-state index contributed by atoms with van der Waals surface area (Å²) in [6.07, 6.45) is 5.21. The van der Waals surface area contributed by atoms with E-state index in [1.807, 2.05) is 0 Å². The highest BCUT2D eigenvalue weighted by molar-refractivity contribution is 5.96. The number of amides is 1. The molecule has 5 nitrogen and oxygen atoms in total. The van der Waals surface area contributed by atoms with E-state index >= 15 is 0 Å². The fourth-order valence-corrected chi connectivity index (χ4v) is 3.20. The summed E-state index contributed by atoms with van der Waals surface area (Å²) in [6, 6.07) is 4.31. The number of carbonyl (C=O) groups excluding carboxylic acids is 1. The minimum atomic E-state index is -0.956. The third kappa shape index (κ3) is 3.46. The maximum Gasteiger partial charge on any atom is 0.307 e. The molecule has 2 fully saturated rings. The van der Waals surface area contributed by atoms with E-state index in [0.717, 1.165) is 25.7 Å². The molecule has 1 aromatic rings. The Labute approximate surface area is 133 Å². The monoisotopic (exact) mass is 321 g/mol.